The fourth-order valence-electron chi connectivity index (χ4n) is 3.45. The zero-order valence-corrected chi connectivity index (χ0v) is 15.0. The molecule has 0 unspecified atom stereocenters. The Kier molecular flexibility index (Phi) is 3.64. The third-order valence-electron chi connectivity index (χ3n) is 5.03. The standard InChI is InChI=1S/C19H19N7O/c1-23-9-11-24(12-10-23)25-8-7-16-15(18(25)27)13-20-19-21-17(22-26(16)19)14-5-3-2-4-6-14/h2-8,13H,9-12H2,1H3. The van der Waals surface area contributed by atoms with E-state index in [4.69, 9.17) is 0 Å². The van der Waals surface area contributed by atoms with Crippen LogP contribution in [0.2, 0.25) is 0 Å². The molecule has 0 bridgehead atoms. The number of pyridine rings is 1. The van der Waals surface area contributed by atoms with Gasteiger partial charge in [0, 0.05) is 44.1 Å². The van der Waals surface area contributed by atoms with Crippen molar-refractivity contribution < 1.29 is 0 Å². The number of aromatic nitrogens is 5. The van der Waals surface area contributed by atoms with E-state index in [9.17, 15) is 4.79 Å². The van der Waals surface area contributed by atoms with Gasteiger partial charge in [-0.25, -0.2) is 9.66 Å². The fraction of sp³-hybridized carbons (Fsp3) is 0.263. The Morgan fingerprint density at radius 1 is 1.00 bits per heavy atom. The summed E-state index contributed by atoms with van der Waals surface area (Å²) in [7, 11) is 2.09. The lowest BCUT2D eigenvalue weighted by Gasteiger charge is -2.34. The van der Waals surface area contributed by atoms with E-state index in [1.165, 1.54) is 0 Å². The summed E-state index contributed by atoms with van der Waals surface area (Å²) in [4.78, 5) is 24.2. The van der Waals surface area contributed by atoms with Crippen molar-refractivity contribution in [1.29, 1.82) is 0 Å². The van der Waals surface area contributed by atoms with Gasteiger partial charge in [0.25, 0.3) is 11.3 Å². The number of fused-ring (bicyclic) bond motifs is 3. The maximum absolute atomic E-state index is 13.0. The van der Waals surface area contributed by atoms with E-state index in [1.54, 1.807) is 15.4 Å². The molecule has 1 aromatic carbocycles. The first-order chi connectivity index (χ1) is 13.2. The monoisotopic (exact) mass is 361 g/mol. The number of likely N-dealkylation sites (N-methyl/N-ethyl adjacent to an activating group) is 1. The Bertz CT molecular complexity index is 1170. The van der Waals surface area contributed by atoms with Gasteiger partial charge in [0.2, 0.25) is 0 Å². The molecular weight excluding hydrogens is 342 g/mol. The first-order valence-corrected chi connectivity index (χ1v) is 8.97. The van der Waals surface area contributed by atoms with Crippen molar-refractivity contribution in [3.63, 3.8) is 0 Å². The minimum atomic E-state index is -0.0804. The summed E-state index contributed by atoms with van der Waals surface area (Å²) < 4.78 is 3.34. The smallest absolute Gasteiger partial charge is 0.280 e. The highest BCUT2D eigenvalue weighted by atomic mass is 16.1. The Labute approximate surface area is 155 Å². The van der Waals surface area contributed by atoms with E-state index in [2.05, 4.69) is 32.0 Å². The number of hydrogen-bond donors (Lipinski definition) is 0. The third kappa shape index (κ3) is 2.65. The molecule has 0 radical (unpaired) electrons. The normalized spacial score (nSPS) is 15.7. The zero-order chi connectivity index (χ0) is 18.4. The number of nitrogens with zero attached hydrogens (tertiary/aromatic N) is 7. The van der Waals surface area contributed by atoms with Crippen LogP contribution < -0.4 is 10.6 Å². The molecule has 136 valence electrons. The van der Waals surface area contributed by atoms with Crippen LogP contribution in [-0.4, -0.2) is 62.4 Å². The number of piperazine rings is 1. The van der Waals surface area contributed by atoms with E-state index in [0.717, 1.165) is 31.7 Å². The lowest BCUT2D eigenvalue weighted by Crippen LogP contribution is -2.52. The summed E-state index contributed by atoms with van der Waals surface area (Å²) in [6.45, 7) is 3.51. The molecule has 0 aliphatic carbocycles. The second-order valence-electron chi connectivity index (χ2n) is 6.79. The summed E-state index contributed by atoms with van der Waals surface area (Å²) in [5, 5.41) is 7.19. The minimum Gasteiger partial charge on any atom is -0.308 e. The predicted octanol–water partition coefficient (Wildman–Crippen LogP) is 0.990. The summed E-state index contributed by atoms with van der Waals surface area (Å²) in [5.41, 5.74) is 1.55. The SMILES string of the molecule is CN1CCN(n2ccc3c(cnc4nc(-c5ccccc5)nn43)c2=O)CC1. The van der Waals surface area contributed by atoms with Crippen LogP contribution in [0, 0.1) is 0 Å². The number of rotatable bonds is 2. The topological polar surface area (TPSA) is 71.6 Å². The maximum atomic E-state index is 13.0. The third-order valence-corrected chi connectivity index (χ3v) is 5.03. The van der Waals surface area contributed by atoms with Crippen molar-refractivity contribution in [2.75, 3.05) is 38.2 Å². The van der Waals surface area contributed by atoms with Crippen molar-refractivity contribution in [3.8, 4) is 11.4 Å². The summed E-state index contributed by atoms with van der Waals surface area (Å²) in [6.07, 6.45) is 3.42. The van der Waals surface area contributed by atoms with Crippen molar-refractivity contribution in [2.45, 2.75) is 0 Å². The van der Waals surface area contributed by atoms with Crippen LogP contribution in [0.15, 0.2) is 53.6 Å². The molecule has 4 aromatic rings. The van der Waals surface area contributed by atoms with Crippen molar-refractivity contribution >= 4 is 16.7 Å². The number of benzene rings is 1. The molecule has 8 nitrogen and oxygen atoms in total. The summed E-state index contributed by atoms with van der Waals surface area (Å²) in [5.74, 6) is 1.08. The van der Waals surface area contributed by atoms with Gasteiger partial charge in [-0.2, -0.15) is 9.50 Å². The van der Waals surface area contributed by atoms with E-state index in [-0.39, 0.29) is 5.56 Å². The maximum Gasteiger partial charge on any atom is 0.280 e. The van der Waals surface area contributed by atoms with E-state index >= 15 is 0 Å². The molecule has 0 spiro atoms. The highest BCUT2D eigenvalue weighted by molar-refractivity contribution is 5.79. The molecule has 0 saturated carbocycles. The predicted molar refractivity (Wildman–Crippen MR) is 103 cm³/mol. The average molecular weight is 361 g/mol. The highest BCUT2D eigenvalue weighted by Gasteiger charge is 2.17. The quantitative estimate of drug-likeness (QED) is 0.530. The van der Waals surface area contributed by atoms with Crippen molar-refractivity contribution in [3.05, 3.63) is 59.1 Å². The summed E-state index contributed by atoms with van der Waals surface area (Å²) >= 11 is 0. The van der Waals surface area contributed by atoms with Gasteiger partial charge < -0.3 is 9.91 Å². The van der Waals surface area contributed by atoms with Crippen molar-refractivity contribution in [1.82, 2.24) is 29.2 Å². The Morgan fingerprint density at radius 3 is 2.56 bits per heavy atom. The molecule has 1 aliphatic heterocycles. The van der Waals surface area contributed by atoms with Gasteiger partial charge in [-0.1, -0.05) is 30.3 Å². The molecule has 0 N–H and O–H groups in total. The molecule has 3 aromatic heterocycles. The molecular formula is C19H19N7O. The van der Waals surface area contributed by atoms with Crippen LogP contribution in [0.4, 0.5) is 0 Å². The Morgan fingerprint density at radius 2 is 1.78 bits per heavy atom. The average Bonchev–Trinajstić information content (AvgIpc) is 3.15. The van der Waals surface area contributed by atoms with Crippen molar-refractivity contribution in [2.24, 2.45) is 0 Å². The lowest BCUT2D eigenvalue weighted by atomic mass is 10.2. The Balaban J connectivity index is 1.63. The first-order valence-electron chi connectivity index (χ1n) is 8.97. The van der Waals surface area contributed by atoms with Crippen LogP contribution in [-0.2, 0) is 0 Å². The van der Waals surface area contributed by atoms with E-state index in [1.807, 2.05) is 42.6 Å². The number of hydrogen-bond acceptors (Lipinski definition) is 6. The van der Waals surface area contributed by atoms with Gasteiger partial charge in [-0.15, -0.1) is 5.10 Å². The Hall–Kier alpha value is -3.26. The lowest BCUT2D eigenvalue weighted by molar-refractivity contribution is 0.286. The van der Waals surface area contributed by atoms with Crippen LogP contribution in [0.3, 0.4) is 0 Å². The molecule has 8 heteroatoms. The highest BCUT2D eigenvalue weighted by Crippen LogP contribution is 2.17. The van der Waals surface area contributed by atoms with E-state index in [0.29, 0.717) is 22.5 Å². The zero-order valence-electron chi connectivity index (χ0n) is 15.0. The summed E-state index contributed by atoms with van der Waals surface area (Å²) in [6, 6.07) is 11.7. The van der Waals surface area contributed by atoms with Crippen LogP contribution in [0.5, 0.6) is 0 Å². The van der Waals surface area contributed by atoms with Gasteiger partial charge in [-0.3, -0.25) is 4.79 Å². The van der Waals surface area contributed by atoms with Gasteiger partial charge in [0.1, 0.15) is 0 Å². The second kappa shape index (κ2) is 6.17. The fourth-order valence-corrected chi connectivity index (χ4v) is 3.45. The molecule has 0 atom stereocenters. The van der Waals surface area contributed by atoms with E-state index < -0.39 is 0 Å². The first kappa shape index (κ1) is 16.0. The molecule has 5 rings (SSSR count). The molecule has 1 aliphatic rings. The molecule has 0 amide bonds. The van der Waals surface area contributed by atoms with Gasteiger partial charge in [-0.05, 0) is 13.1 Å². The van der Waals surface area contributed by atoms with Gasteiger partial charge >= 0.3 is 0 Å². The van der Waals surface area contributed by atoms with Gasteiger partial charge in [0.05, 0.1) is 10.9 Å². The minimum absolute atomic E-state index is 0.0804. The molecule has 1 saturated heterocycles. The molecule has 4 heterocycles. The van der Waals surface area contributed by atoms with Crippen LogP contribution in [0.25, 0.3) is 28.1 Å². The van der Waals surface area contributed by atoms with Crippen LogP contribution >= 0.6 is 0 Å². The molecule has 1 fully saturated rings. The second-order valence-corrected chi connectivity index (χ2v) is 6.79. The largest absolute Gasteiger partial charge is 0.308 e. The molecule has 27 heavy (non-hydrogen) atoms. The van der Waals surface area contributed by atoms with Crippen LogP contribution in [0.1, 0.15) is 0 Å². The van der Waals surface area contributed by atoms with Gasteiger partial charge in [0.15, 0.2) is 5.82 Å².